The maximum absolute atomic E-state index is 6.45. The summed E-state index contributed by atoms with van der Waals surface area (Å²) in [6, 6.07) is 10.2. The first-order chi connectivity index (χ1) is 15.5. The van der Waals surface area contributed by atoms with E-state index in [0.717, 1.165) is 44.6 Å². The van der Waals surface area contributed by atoms with Crippen LogP contribution in [0.3, 0.4) is 0 Å². The summed E-state index contributed by atoms with van der Waals surface area (Å²) < 4.78 is 19.1. The maximum Gasteiger partial charge on any atom is 0.201 e. The van der Waals surface area contributed by atoms with Crippen molar-refractivity contribution >= 4 is 5.69 Å². The second-order valence-electron chi connectivity index (χ2n) is 10.2. The zero-order chi connectivity index (χ0) is 22.2. The number of benzene rings is 1. The second-order valence-corrected chi connectivity index (χ2v) is 10.2. The number of para-hydroxylation sites is 1. The van der Waals surface area contributed by atoms with E-state index < -0.39 is 17.7 Å². The Hall–Kier alpha value is -1.22. The molecule has 4 aliphatic heterocycles. The normalized spacial score (nSPS) is 42.8. The predicted molar refractivity (Wildman–Crippen MR) is 121 cm³/mol. The van der Waals surface area contributed by atoms with E-state index in [4.69, 9.17) is 24.0 Å². The molecular weight excluding hydrogens is 408 g/mol. The van der Waals surface area contributed by atoms with Gasteiger partial charge in [0.15, 0.2) is 18.2 Å². The lowest BCUT2D eigenvalue weighted by Gasteiger charge is -2.60. The second kappa shape index (κ2) is 9.20. The molecule has 1 saturated carbocycles. The van der Waals surface area contributed by atoms with Crippen LogP contribution in [-0.4, -0.2) is 50.2 Å². The van der Waals surface area contributed by atoms with Gasteiger partial charge in [0.05, 0.1) is 6.61 Å². The molecule has 7 heteroatoms. The number of hydrogen-bond donors (Lipinski definition) is 2. The highest BCUT2D eigenvalue weighted by atomic mass is 17.3. The van der Waals surface area contributed by atoms with Crippen molar-refractivity contribution in [3.63, 3.8) is 0 Å². The number of anilines is 1. The minimum atomic E-state index is -0.740. The van der Waals surface area contributed by atoms with Crippen LogP contribution in [0.25, 0.3) is 0 Å². The topological polar surface area (TPSA) is 70.2 Å². The van der Waals surface area contributed by atoms with E-state index in [1.54, 1.807) is 0 Å². The molecule has 1 aromatic rings. The van der Waals surface area contributed by atoms with Crippen LogP contribution < -0.4 is 10.6 Å². The first-order valence-electron chi connectivity index (χ1n) is 12.3. The lowest BCUT2D eigenvalue weighted by atomic mass is 9.58. The van der Waals surface area contributed by atoms with Gasteiger partial charge in [-0.15, -0.1) is 0 Å². The molecule has 5 aliphatic rings. The molecule has 7 nitrogen and oxygen atoms in total. The zero-order valence-corrected chi connectivity index (χ0v) is 19.5. The minimum Gasteiger partial charge on any atom is -0.384 e. The molecule has 1 spiro atoms. The van der Waals surface area contributed by atoms with E-state index in [1.807, 2.05) is 25.1 Å². The van der Waals surface area contributed by atoms with Crippen molar-refractivity contribution in [3.8, 4) is 0 Å². The minimum absolute atomic E-state index is 0.218. The molecule has 1 aliphatic carbocycles. The third-order valence-corrected chi connectivity index (χ3v) is 8.06. The summed E-state index contributed by atoms with van der Waals surface area (Å²) in [6.07, 6.45) is 3.44. The fourth-order valence-electron chi connectivity index (χ4n) is 6.29. The highest BCUT2D eigenvalue weighted by Crippen LogP contribution is 2.60. The van der Waals surface area contributed by atoms with Gasteiger partial charge in [-0.1, -0.05) is 32.0 Å². The Bertz CT molecular complexity index is 766. The summed E-state index contributed by atoms with van der Waals surface area (Å²) in [5.41, 5.74) is 0.621. The standard InChI is InChI=1S/C25H38N2O5/c1-17-9-10-21-18(2)22(28-16-15-26-13-14-27-19-7-5-4-6-8-19)29-23-25(21)20(17)11-12-24(3,30-23)31-32-25/h4-8,17-18,20-23,26-27H,9-16H2,1-3H3/t17-,18-,20?,21?,22+,23?,24?,25-/m1/s1. The van der Waals surface area contributed by atoms with Crippen LogP contribution in [0.5, 0.6) is 0 Å². The molecular formula is C25H38N2O5. The summed E-state index contributed by atoms with van der Waals surface area (Å²) >= 11 is 0. The quantitative estimate of drug-likeness (QED) is 0.463. The maximum atomic E-state index is 6.45. The third-order valence-electron chi connectivity index (χ3n) is 8.06. The van der Waals surface area contributed by atoms with Crippen molar-refractivity contribution in [2.75, 3.05) is 31.6 Å². The number of nitrogens with one attached hydrogen (secondary N) is 2. The molecule has 1 aromatic carbocycles. The van der Waals surface area contributed by atoms with Crippen molar-refractivity contribution in [2.24, 2.45) is 23.7 Å². The smallest absolute Gasteiger partial charge is 0.201 e. The molecule has 2 N–H and O–H groups in total. The molecule has 2 bridgehead atoms. The molecule has 8 atom stereocenters. The van der Waals surface area contributed by atoms with Crippen LogP contribution in [0.4, 0.5) is 5.69 Å². The van der Waals surface area contributed by atoms with E-state index in [-0.39, 0.29) is 12.2 Å². The first kappa shape index (κ1) is 22.6. The largest absolute Gasteiger partial charge is 0.384 e. The Kier molecular flexibility index (Phi) is 6.49. The molecule has 6 rings (SSSR count). The van der Waals surface area contributed by atoms with E-state index in [0.29, 0.717) is 24.4 Å². The fraction of sp³-hybridized carbons (Fsp3) is 0.760. The molecule has 0 aromatic heterocycles. The predicted octanol–water partition coefficient (Wildman–Crippen LogP) is 3.91. The van der Waals surface area contributed by atoms with Crippen molar-refractivity contribution in [3.05, 3.63) is 30.3 Å². The molecule has 0 radical (unpaired) electrons. The highest BCUT2D eigenvalue weighted by Gasteiger charge is 2.69. The van der Waals surface area contributed by atoms with Gasteiger partial charge in [0.2, 0.25) is 5.79 Å². The van der Waals surface area contributed by atoms with Crippen LogP contribution in [0.2, 0.25) is 0 Å². The van der Waals surface area contributed by atoms with Gasteiger partial charge in [-0.25, -0.2) is 9.78 Å². The van der Waals surface area contributed by atoms with Crippen molar-refractivity contribution < 1.29 is 24.0 Å². The van der Waals surface area contributed by atoms with E-state index in [1.165, 1.54) is 6.42 Å². The van der Waals surface area contributed by atoms with E-state index >= 15 is 0 Å². The molecule has 5 fully saturated rings. The molecule has 0 amide bonds. The van der Waals surface area contributed by atoms with Gasteiger partial charge < -0.3 is 24.8 Å². The fourth-order valence-corrected chi connectivity index (χ4v) is 6.29. The van der Waals surface area contributed by atoms with Gasteiger partial charge in [-0.05, 0) is 50.2 Å². The Morgan fingerprint density at radius 2 is 1.84 bits per heavy atom. The lowest BCUT2D eigenvalue weighted by molar-refractivity contribution is -0.577. The number of fused-ring (bicyclic) bond motifs is 2. The summed E-state index contributed by atoms with van der Waals surface area (Å²) in [5.74, 6) is 0.741. The Labute approximate surface area is 191 Å². The molecule has 4 saturated heterocycles. The average Bonchev–Trinajstić information content (AvgIpc) is 3.03. The van der Waals surface area contributed by atoms with Gasteiger partial charge in [0, 0.05) is 43.6 Å². The van der Waals surface area contributed by atoms with Crippen LogP contribution in [0.15, 0.2) is 30.3 Å². The number of hydrogen-bond acceptors (Lipinski definition) is 7. The van der Waals surface area contributed by atoms with Crippen LogP contribution in [-0.2, 0) is 24.0 Å². The Balaban J connectivity index is 1.14. The van der Waals surface area contributed by atoms with Gasteiger partial charge in [-0.3, -0.25) is 0 Å². The molecule has 4 unspecified atom stereocenters. The van der Waals surface area contributed by atoms with Crippen molar-refractivity contribution in [1.82, 2.24) is 5.32 Å². The van der Waals surface area contributed by atoms with Crippen LogP contribution in [0.1, 0.15) is 46.5 Å². The molecule has 32 heavy (non-hydrogen) atoms. The summed E-state index contributed by atoms with van der Waals surface area (Å²) in [4.78, 5) is 12.1. The van der Waals surface area contributed by atoms with Crippen LogP contribution in [0, 0.1) is 23.7 Å². The van der Waals surface area contributed by atoms with Gasteiger partial charge in [0.25, 0.3) is 0 Å². The number of ether oxygens (including phenoxy) is 3. The van der Waals surface area contributed by atoms with Crippen molar-refractivity contribution in [1.29, 1.82) is 0 Å². The first-order valence-corrected chi connectivity index (χ1v) is 12.3. The highest BCUT2D eigenvalue weighted by molar-refractivity contribution is 5.42. The zero-order valence-electron chi connectivity index (χ0n) is 19.5. The lowest BCUT2D eigenvalue weighted by Crippen LogP contribution is -2.70. The Morgan fingerprint density at radius 1 is 1.00 bits per heavy atom. The van der Waals surface area contributed by atoms with Gasteiger partial charge >= 0.3 is 0 Å². The third kappa shape index (κ3) is 4.08. The van der Waals surface area contributed by atoms with Gasteiger partial charge in [0.1, 0.15) is 0 Å². The summed E-state index contributed by atoms with van der Waals surface area (Å²) in [7, 11) is 0. The van der Waals surface area contributed by atoms with E-state index in [2.05, 4.69) is 36.6 Å². The monoisotopic (exact) mass is 446 g/mol. The van der Waals surface area contributed by atoms with Crippen molar-refractivity contribution in [2.45, 2.75) is 70.4 Å². The average molecular weight is 447 g/mol. The Morgan fingerprint density at radius 3 is 2.69 bits per heavy atom. The van der Waals surface area contributed by atoms with Crippen LogP contribution >= 0.6 is 0 Å². The molecule has 4 heterocycles. The summed E-state index contributed by atoms with van der Waals surface area (Å²) in [5, 5.41) is 6.84. The molecule has 178 valence electrons. The summed E-state index contributed by atoms with van der Waals surface area (Å²) in [6.45, 7) is 9.65. The SMILES string of the molecule is C[C@@H]1CCC2[C@@H](C)[C@@H](OCCNCCNc3ccccc3)OC3OC4(C)CCC1[C@]32OO4. The van der Waals surface area contributed by atoms with E-state index in [9.17, 15) is 0 Å². The number of rotatable bonds is 8. The van der Waals surface area contributed by atoms with Gasteiger partial charge in [-0.2, -0.15) is 0 Å².